The average molecular weight is 299 g/mol. The van der Waals surface area contributed by atoms with Crippen LogP contribution in [-0.2, 0) is 6.42 Å². The molecule has 104 valence electrons. The fraction of sp³-hybridized carbons (Fsp3) is 0.0667. The van der Waals surface area contributed by atoms with E-state index in [0.29, 0.717) is 23.5 Å². The fourth-order valence-corrected chi connectivity index (χ4v) is 2.12. The minimum atomic E-state index is -0.364. The number of benzene rings is 1. The lowest BCUT2D eigenvalue weighted by Gasteiger charge is -2.00. The van der Waals surface area contributed by atoms with Crippen molar-refractivity contribution < 1.29 is 8.91 Å². The molecular weight excluding hydrogens is 289 g/mol. The third-order valence-electron chi connectivity index (χ3n) is 2.84. The van der Waals surface area contributed by atoms with Gasteiger partial charge in [-0.15, -0.1) is 0 Å². The molecule has 0 N–H and O–H groups in total. The van der Waals surface area contributed by atoms with Gasteiger partial charge in [-0.25, -0.2) is 4.39 Å². The lowest BCUT2D eigenvalue weighted by molar-refractivity contribution is 0.431. The molecular formula is C15H10FN3OS. The number of nitrogens with zero attached hydrogens (tertiary/aromatic N) is 3. The van der Waals surface area contributed by atoms with Crippen LogP contribution in [0.2, 0.25) is 0 Å². The Hall–Kier alpha value is -2.47. The Kier molecular flexibility index (Phi) is 3.79. The predicted octanol–water partition coefficient (Wildman–Crippen LogP) is 3.48. The maximum Gasteiger partial charge on any atom is 0.258 e. The first-order valence-electron chi connectivity index (χ1n) is 6.25. The zero-order chi connectivity index (χ0) is 14.7. The summed E-state index contributed by atoms with van der Waals surface area (Å²) >= 11 is 4.80. The van der Waals surface area contributed by atoms with Gasteiger partial charge in [0.1, 0.15) is 11.5 Å². The zero-order valence-electron chi connectivity index (χ0n) is 10.9. The molecule has 0 saturated heterocycles. The molecule has 0 atom stereocenters. The summed E-state index contributed by atoms with van der Waals surface area (Å²) in [5.74, 6) is 0.254. The molecule has 0 unspecified atom stereocenters. The SMILES string of the molecule is Fc1cc(CC=S)cc(-c2nc(-c3ccccn3)no2)c1. The molecule has 3 aromatic rings. The van der Waals surface area contributed by atoms with Gasteiger partial charge < -0.3 is 4.52 Å². The molecule has 0 aliphatic heterocycles. The molecule has 0 saturated carbocycles. The Labute approximate surface area is 125 Å². The maximum absolute atomic E-state index is 13.6. The van der Waals surface area contributed by atoms with Crippen molar-refractivity contribution >= 4 is 17.6 Å². The van der Waals surface area contributed by atoms with Gasteiger partial charge in [-0.2, -0.15) is 4.98 Å². The molecule has 0 bridgehead atoms. The molecule has 0 radical (unpaired) electrons. The molecule has 2 aromatic heterocycles. The van der Waals surface area contributed by atoms with Crippen LogP contribution in [0, 0.1) is 5.82 Å². The van der Waals surface area contributed by atoms with E-state index in [1.165, 1.54) is 12.1 Å². The van der Waals surface area contributed by atoms with Crippen molar-refractivity contribution in [2.45, 2.75) is 6.42 Å². The van der Waals surface area contributed by atoms with Gasteiger partial charge in [0, 0.05) is 18.2 Å². The molecule has 21 heavy (non-hydrogen) atoms. The quantitative estimate of drug-likeness (QED) is 0.690. The third kappa shape index (κ3) is 3.00. The van der Waals surface area contributed by atoms with Crippen LogP contribution < -0.4 is 0 Å². The highest BCUT2D eigenvalue weighted by Crippen LogP contribution is 2.23. The number of hydrogen-bond donors (Lipinski definition) is 0. The van der Waals surface area contributed by atoms with E-state index in [2.05, 4.69) is 15.1 Å². The van der Waals surface area contributed by atoms with E-state index < -0.39 is 0 Å². The van der Waals surface area contributed by atoms with Gasteiger partial charge in [0.15, 0.2) is 0 Å². The van der Waals surface area contributed by atoms with Crippen molar-refractivity contribution in [1.82, 2.24) is 15.1 Å². The smallest absolute Gasteiger partial charge is 0.258 e. The van der Waals surface area contributed by atoms with Crippen LogP contribution >= 0.6 is 12.2 Å². The number of hydrogen-bond acceptors (Lipinski definition) is 5. The average Bonchev–Trinajstić information content (AvgIpc) is 2.98. The summed E-state index contributed by atoms with van der Waals surface area (Å²) in [6.45, 7) is 0. The van der Waals surface area contributed by atoms with Crippen LogP contribution in [0.25, 0.3) is 23.0 Å². The minimum Gasteiger partial charge on any atom is -0.334 e. The zero-order valence-corrected chi connectivity index (χ0v) is 11.7. The van der Waals surface area contributed by atoms with Gasteiger partial charge in [-0.1, -0.05) is 23.4 Å². The Balaban J connectivity index is 1.98. The van der Waals surface area contributed by atoms with Crippen LogP contribution in [0.15, 0.2) is 47.1 Å². The summed E-state index contributed by atoms with van der Waals surface area (Å²) in [5.41, 5.74) is 1.89. The molecule has 4 nitrogen and oxygen atoms in total. The number of thiocarbonyl (C=S) groups is 1. The molecule has 0 aliphatic rings. The van der Waals surface area contributed by atoms with E-state index in [0.717, 1.165) is 5.56 Å². The first-order valence-corrected chi connectivity index (χ1v) is 6.72. The summed E-state index contributed by atoms with van der Waals surface area (Å²) < 4.78 is 18.8. The van der Waals surface area contributed by atoms with Crippen molar-refractivity contribution in [2.75, 3.05) is 0 Å². The standard InChI is InChI=1S/C15H10FN3OS/c16-12-8-10(4-6-21)7-11(9-12)15-18-14(19-20-15)13-3-1-2-5-17-13/h1-3,5-9H,4H2. The van der Waals surface area contributed by atoms with Crippen LogP contribution in [0.1, 0.15) is 5.56 Å². The van der Waals surface area contributed by atoms with Crippen molar-refractivity contribution in [3.63, 3.8) is 0 Å². The minimum absolute atomic E-state index is 0.251. The van der Waals surface area contributed by atoms with E-state index in [9.17, 15) is 4.39 Å². The summed E-state index contributed by atoms with van der Waals surface area (Å²) in [5, 5.41) is 5.42. The summed E-state index contributed by atoms with van der Waals surface area (Å²) in [6.07, 6.45) is 2.15. The van der Waals surface area contributed by atoms with E-state index in [1.54, 1.807) is 29.8 Å². The van der Waals surface area contributed by atoms with Crippen LogP contribution in [0.3, 0.4) is 0 Å². The normalized spacial score (nSPS) is 10.5. The Bertz CT molecular complexity index is 774. The van der Waals surface area contributed by atoms with Gasteiger partial charge >= 0.3 is 0 Å². The molecule has 6 heteroatoms. The third-order valence-corrected chi connectivity index (χ3v) is 3.01. The second-order valence-corrected chi connectivity index (χ2v) is 4.69. The van der Waals surface area contributed by atoms with Crippen molar-refractivity contribution in [1.29, 1.82) is 0 Å². The largest absolute Gasteiger partial charge is 0.334 e. The van der Waals surface area contributed by atoms with Crippen LogP contribution in [0.4, 0.5) is 4.39 Å². The van der Waals surface area contributed by atoms with E-state index >= 15 is 0 Å². The van der Waals surface area contributed by atoms with Crippen LogP contribution in [0.5, 0.6) is 0 Å². The van der Waals surface area contributed by atoms with Crippen molar-refractivity contribution in [2.24, 2.45) is 0 Å². The highest BCUT2D eigenvalue weighted by atomic mass is 32.1. The molecule has 2 heterocycles. The number of pyridine rings is 1. The molecule has 1 aromatic carbocycles. The molecule has 0 fully saturated rings. The van der Waals surface area contributed by atoms with Gasteiger partial charge in [-0.3, -0.25) is 4.98 Å². The topological polar surface area (TPSA) is 51.8 Å². The first-order chi connectivity index (χ1) is 10.3. The summed E-state index contributed by atoms with van der Waals surface area (Å²) in [4.78, 5) is 8.39. The van der Waals surface area contributed by atoms with E-state index in [1.807, 2.05) is 6.07 Å². The maximum atomic E-state index is 13.6. The monoisotopic (exact) mass is 299 g/mol. The first kappa shape index (κ1) is 13.5. The fourth-order valence-electron chi connectivity index (χ4n) is 1.93. The molecule has 0 spiro atoms. The second-order valence-electron chi connectivity index (χ2n) is 4.36. The molecule has 3 rings (SSSR count). The van der Waals surface area contributed by atoms with Gasteiger partial charge in [0.05, 0.1) is 0 Å². The van der Waals surface area contributed by atoms with Gasteiger partial charge in [-0.05, 0) is 41.3 Å². The number of halogens is 1. The molecule has 0 aliphatic carbocycles. The number of aromatic nitrogens is 3. The van der Waals surface area contributed by atoms with Crippen LogP contribution in [-0.4, -0.2) is 20.5 Å². The Morgan fingerprint density at radius 3 is 2.90 bits per heavy atom. The highest BCUT2D eigenvalue weighted by Gasteiger charge is 2.12. The molecule has 0 amide bonds. The summed E-state index contributed by atoms with van der Waals surface area (Å²) in [6, 6.07) is 9.97. The highest BCUT2D eigenvalue weighted by molar-refractivity contribution is 7.78. The Morgan fingerprint density at radius 2 is 2.14 bits per heavy atom. The number of rotatable bonds is 4. The van der Waals surface area contributed by atoms with Gasteiger partial charge in [0.2, 0.25) is 5.82 Å². The van der Waals surface area contributed by atoms with Gasteiger partial charge in [0.25, 0.3) is 5.89 Å². The van der Waals surface area contributed by atoms with E-state index in [4.69, 9.17) is 16.7 Å². The second kappa shape index (κ2) is 5.88. The van der Waals surface area contributed by atoms with Crippen molar-refractivity contribution in [3.8, 4) is 23.0 Å². The lowest BCUT2D eigenvalue weighted by Crippen LogP contribution is -1.89. The Morgan fingerprint density at radius 1 is 1.24 bits per heavy atom. The summed E-state index contributed by atoms with van der Waals surface area (Å²) in [7, 11) is 0. The lowest BCUT2D eigenvalue weighted by atomic mass is 10.1. The van der Waals surface area contributed by atoms with E-state index in [-0.39, 0.29) is 11.7 Å². The predicted molar refractivity (Wildman–Crippen MR) is 80.3 cm³/mol. The van der Waals surface area contributed by atoms with Crippen molar-refractivity contribution in [3.05, 3.63) is 54.0 Å².